The lowest BCUT2D eigenvalue weighted by Gasteiger charge is -2.31. The Balaban J connectivity index is 1.02. The topological polar surface area (TPSA) is 87.3 Å². The third-order valence-electron chi connectivity index (χ3n) is 10.5. The number of fused-ring (bicyclic) bond motifs is 3. The average molecular weight is 750 g/mol. The second kappa shape index (κ2) is 16.1. The molecule has 3 N–H and O–H groups in total. The summed E-state index contributed by atoms with van der Waals surface area (Å²) in [6.07, 6.45) is -4.46. The predicted molar refractivity (Wildman–Crippen MR) is 193 cm³/mol. The van der Waals surface area contributed by atoms with Crippen LogP contribution in [0.4, 0.5) is 26.3 Å². The summed E-state index contributed by atoms with van der Waals surface area (Å²) in [6, 6.07) is 25.7. The molecule has 6 rings (SSSR count). The zero-order valence-corrected chi connectivity index (χ0v) is 29.5. The number of benzene rings is 4. The first-order chi connectivity index (χ1) is 25.8. The van der Waals surface area contributed by atoms with E-state index in [0.29, 0.717) is 79.3 Å². The number of hydrogen-bond acceptors (Lipinski definition) is 3. The van der Waals surface area contributed by atoms with Crippen LogP contribution in [0.25, 0.3) is 22.3 Å². The maximum Gasteiger partial charge on any atom is 0.416 e. The Bertz CT molecular complexity index is 1930. The van der Waals surface area contributed by atoms with Crippen molar-refractivity contribution < 1.29 is 40.7 Å². The van der Waals surface area contributed by atoms with Gasteiger partial charge in [0.25, 0.3) is 5.91 Å². The van der Waals surface area contributed by atoms with Gasteiger partial charge in [0.1, 0.15) is 12.0 Å². The van der Waals surface area contributed by atoms with Crippen LogP contribution >= 0.6 is 0 Å². The number of halogens is 6. The molecule has 1 fully saturated rings. The minimum Gasteiger partial charge on any atom is -0.356 e. The third-order valence-corrected chi connectivity index (χ3v) is 10.5. The molecule has 0 spiro atoms. The molecular weight excluding hydrogens is 708 g/mol. The largest absolute Gasteiger partial charge is 0.416 e. The number of hydrogen-bond donors (Lipinski definition) is 3. The summed E-state index contributed by atoms with van der Waals surface area (Å²) in [5.41, 5.74) is 2.27. The third kappa shape index (κ3) is 8.48. The molecule has 0 radical (unpaired) electrons. The molecule has 0 saturated heterocycles. The Labute approximate surface area is 309 Å². The SMILES string of the molecule is O=C(NC1CCCC(C(=O)NCCCCCC2(C(=O)NCC(F)(F)F)c3ccccc3-c3ccccc32)C1)c1ccccc1-c1ccc(C(F)(F)F)cc1. The van der Waals surface area contributed by atoms with Crippen LogP contribution in [0.15, 0.2) is 97.1 Å². The molecule has 12 heteroatoms. The van der Waals surface area contributed by atoms with Crippen molar-refractivity contribution in [3.05, 3.63) is 119 Å². The molecule has 0 bridgehead atoms. The summed E-state index contributed by atoms with van der Waals surface area (Å²) >= 11 is 0. The Morgan fingerprint density at radius 2 is 1.30 bits per heavy atom. The number of carbonyl (C=O) groups excluding carboxylic acids is 3. The van der Waals surface area contributed by atoms with Crippen molar-refractivity contribution >= 4 is 17.7 Å². The Kier molecular flexibility index (Phi) is 11.5. The second-order valence-electron chi connectivity index (χ2n) is 14.1. The summed E-state index contributed by atoms with van der Waals surface area (Å²) in [5.74, 6) is -1.50. The van der Waals surface area contributed by atoms with E-state index in [1.165, 1.54) is 12.1 Å². The van der Waals surface area contributed by atoms with E-state index in [0.717, 1.165) is 29.7 Å². The number of carbonyl (C=O) groups is 3. The maximum absolute atomic E-state index is 13.7. The van der Waals surface area contributed by atoms with Crippen molar-refractivity contribution in [1.29, 1.82) is 0 Å². The molecule has 284 valence electrons. The van der Waals surface area contributed by atoms with Crippen LogP contribution in [0, 0.1) is 5.92 Å². The molecule has 2 unspecified atom stereocenters. The van der Waals surface area contributed by atoms with Crippen molar-refractivity contribution in [3.63, 3.8) is 0 Å². The van der Waals surface area contributed by atoms with Gasteiger partial charge in [-0.25, -0.2) is 0 Å². The lowest BCUT2D eigenvalue weighted by molar-refractivity contribution is -0.141. The van der Waals surface area contributed by atoms with Gasteiger partial charge in [0.15, 0.2) is 0 Å². The molecule has 54 heavy (non-hydrogen) atoms. The fraction of sp³-hybridized carbons (Fsp3) is 0.357. The Morgan fingerprint density at radius 3 is 1.93 bits per heavy atom. The smallest absolute Gasteiger partial charge is 0.356 e. The first kappa shape index (κ1) is 38.6. The minimum absolute atomic E-state index is 0.124. The van der Waals surface area contributed by atoms with Crippen LogP contribution in [0.3, 0.4) is 0 Å². The van der Waals surface area contributed by atoms with Crippen molar-refractivity contribution in [1.82, 2.24) is 16.0 Å². The van der Waals surface area contributed by atoms with Gasteiger partial charge in [-0.2, -0.15) is 26.3 Å². The van der Waals surface area contributed by atoms with Gasteiger partial charge < -0.3 is 16.0 Å². The molecule has 0 heterocycles. The lowest BCUT2D eigenvalue weighted by atomic mass is 9.73. The van der Waals surface area contributed by atoms with Gasteiger partial charge in [0.2, 0.25) is 11.8 Å². The number of alkyl halides is 6. The molecule has 2 atom stereocenters. The highest BCUT2D eigenvalue weighted by Gasteiger charge is 2.49. The van der Waals surface area contributed by atoms with E-state index in [-0.39, 0.29) is 23.8 Å². The van der Waals surface area contributed by atoms with E-state index >= 15 is 0 Å². The molecule has 4 aromatic rings. The van der Waals surface area contributed by atoms with Gasteiger partial charge in [-0.1, -0.05) is 98.1 Å². The number of unbranched alkanes of at least 4 members (excludes halogenated alkanes) is 2. The van der Waals surface area contributed by atoms with Gasteiger partial charge in [0, 0.05) is 24.1 Å². The summed E-state index contributed by atoms with van der Waals surface area (Å²) in [7, 11) is 0. The van der Waals surface area contributed by atoms with E-state index in [1.807, 2.05) is 24.3 Å². The Hall–Kier alpha value is -5.13. The van der Waals surface area contributed by atoms with Crippen LogP contribution in [0.2, 0.25) is 0 Å². The zero-order valence-electron chi connectivity index (χ0n) is 29.5. The predicted octanol–water partition coefficient (Wildman–Crippen LogP) is 8.98. The number of rotatable bonds is 12. The average Bonchev–Trinajstić information content (AvgIpc) is 3.45. The normalized spacial score (nSPS) is 17.6. The Morgan fingerprint density at radius 1 is 0.685 bits per heavy atom. The fourth-order valence-corrected chi connectivity index (χ4v) is 7.93. The lowest BCUT2D eigenvalue weighted by Crippen LogP contribution is -2.47. The number of amides is 3. The first-order valence-corrected chi connectivity index (χ1v) is 18.2. The summed E-state index contributed by atoms with van der Waals surface area (Å²) in [4.78, 5) is 40.3. The van der Waals surface area contributed by atoms with E-state index in [9.17, 15) is 40.7 Å². The minimum atomic E-state index is -4.56. The van der Waals surface area contributed by atoms with Gasteiger partial charge >= 0.3 is 12.4 Å². The summed E-state index contributed by atoms with van der Waals surface area (Å²) in [5, 5.41) is 8.17. The summed E-state index contributed by atoms with van der Waals surface area (Å²) in [6.45, 7) is -1.04. The molecule has 1 saturated carbocycles. The molecule has 2 aliphatic carbocycles. The molecule has 0 aromatic heterocycles. The molecule has 2 aliphatic rings. The van der Waals surface area contributed by atoms with Gasteiger partial charge in [-0.05, 0) is 83.7 Å². The highest BCUT2D eigenvalue weighted by atomic mass is 19.4. The summed E-state index contributed by atoms with van der Waals surface area (Å²) < 4.78 is 78.8. The molecular formula is C42H41F6N3O3. The molecule has 0 aliphatic heterocycles. The van der Waals surface area contributed by atoms with Gasteiger partial charge in [0.05, 0.1) is 5.56 Å². The van der Waals surface area contributed by atoms with Crippen LogP contribution in [-0.4, -0.2) is 43.0 Å². The van der Waals surface area contributed by atoms with E-state index in [1.54, 1.807) is 48.5 Å². The van der Waals surface area contributed by atoms with E-state index in [4.69, 9.17) is 0 Å². The quantitative estimate of drug-likeness (QED) is 0.0999. The standard InChI is InChI=1S/C42H41F6N3O3/c43-41(44,45)26-50-39(54)40(35-17-6-4-14-32(35)33-15-5-7-18-36(33)40)23-8-1-9-24-49-37(52)28-11-10-12-30(25-28)51-38(53)34-16-3-2-13-31(34)27-19-21-29(22-20-27)42(46,47)48/h2-7,13-22,28,30H,1,8-12,23-26H2,(H,49,52)(H,50,54)(H,51,53). The van der Waals surface area contributed by atoms with Crippen LogP contribution in [0.1, 0.15) is 78.4 Å². The highest BCUT2D eigenvalue weighted by molar-refractivity contribution is 6.01. The van der Waals surface area contributed by atoms with Gasteiger partial charge in [-0.3, -0.25) is 14.4 Å². The van der Waals surface area contributed by atoms with Gasteiger partial charge in [-0.15, -0.1) is 0 Å². The zero-order chi connectivity index (χ0) is 38.5. The van der Waals surface area contributed by atoms with E-state index in [2.05, 4.69) is 16.0 Å². The van der Waals surface area contributed by atoms with Crippen LogP contribution < -0.4 is 16.0 Å². The fourth-order valence-electron chi connectivity index (χ4n) is 7.93. The highest BCUT2D eigenvalue weighted by Crippen LogP contribution is 2.51. The number of nitrogens with one attached hydrogen (secondary N) is 3. The molecule has 3 amide bonds. The molecule has 6 nitrogen and oxygen atoms in total. The van der Waals surface area contributed by atoms with Crippen molar-refractivity contribution in [2.45, 2.75) is 75.2 Å². The molecule has 4 aromatic carbocycles. The van der Waals surface area contributed by atoms with E-state index < -0.39 is 35.8 Å². The second-order valence-corrected chi connectivity index (χ2v) is 14.1. The first-order valence-electron chi connectivity index (χ1n) is 18.2. The maximum atomic E-state index is 13.7. The van der Waals surface area contributed by atoms with Crippen LogP contribution in [-0.2, 0) is 21.2 Å². The van der Waals surface area contributed by atoms with Crippen molar-refractivity contribution in [2.24, 2.45) is 5.92 Å². The van der Waals surface area contributed by atoms with Crippen LogP contribution in [0.5, 0.6) is 0 Å². The van der Waals surface area contributed by atoms with Crippen molar-refractivity contribution in [2.75, 3.05) is 13.1 Å². The van der Waals surface area contributed by atoms with Crippen molar-refractivity contribution in [3.8, 4) is 22.3 Å². The monoisotopic (exact) mass is 749 g/mol.